The zero-order valence-corrected chi connectivity index (χ0v) is 15.2. The van der Waals surface area contributed by atoms with E-state index in [0.717, 1.165) is 5.56 Å². The molecule has 1 heterocycles. The highest BCUT2D eigenvalue weighted by Gasteiger charge is 2.23. The van der Waals surface area contributed by atoms with Crippen molar-refractivity contribution in [3.8, 4) is 11.5 Å². The molecular formula is C19H17ClFNO5. The molecule has 142 valence electrons. The normalized spacial score (nSPS) is 13.6. The number of halogens is 2. The van der Waals surface area contributed by atoms with Crippen molar-refractivity contribution in [1.82, 2.24) is 5.32 Å². The molecule has 0 aromatic heterocycles. The van der Waals surface area contributed by atoms with Crippen molar-refractivity contribution in [3.05, 3.63) is 58.4 Å². The molecule has 0 unspecified atom stereocenters. The van der Waals surface area contributed by atoms with E-state index in [1.54, 1.807) is 12.1 Å². The van der Waals surface area contributed by atoms with Crippen LogP contribution >= 0.6 is 11.6 Å². The lowest BCUT2D eigenvalue weighted by Crippen LogP contribution is -2.35. The van der Waals surface area contributed by atoms with Gasteiger partial charge in [0.2, 0.25) is 0 Å². The van der Waals surface area contributed by atoms with Crippen LogP contribution in [0.2, 0.25) is 5.02 Å². The van der Waals surface area contributed by atoms with Crippen molar-refractivity contribution in [2.75, 3.05) is 13.2 Å². The van der Waals surface area contributed by atoms with Crippen LogP contribution in [0, 0.1) is 5.82 Å². The van der Waals surface area contributed by atoms with Gasteiger partial charge in [-0.15, -0.1) is 0 Å². The van der Waals surface area contributed by atoms with Crippen molar-refractivity contribution in [2.24, 2.45) is 0 Å². The van der Waals surface area contributed by atoms with Gasteiger partial charge >= 0.3 is 5.97 Å². The minimum Gasteiger partial charge on any atom is -0.486 e. The average Bonchev–Trinajstić information content (AvgIpc) is 2.67. The molecule has 6 nitrogen and oxygen atoms in total. The Morgan fingerprint density at radius 2 is 1.93 bits per heavy atom. The molecule has 2 aromatic rings. The number of carbonyl (C=O) groups is 2. The van der Waals surface area contributed by atoms with E-state index < -0.39 is 18.0 Å². The first-order valence-electron chi connectivity index (χ1n) is 8.26. The Bertz CT molecular complexity index is 856. The fourth-order valence-corrected chi connectivity index (χ4v) is 2.71. The maximum Gasteiger partial charge on any atom is 0.339 e. The Hall–Kier alpha value is -2.80. The van der Waals surface area contributed by atoms with Crippen LogP contribution in [-0.4, -0.2) is 31.2 Å². The fraction of sp³-hybridized carbons (Fsp3) is 0.263. The van der Waals surface area contributed by atoms with Gasteiger partial charge in [0.05, 0.1) is 10.6 Å². The van der Waals surface area contributed by atoms with E-state index in [9.17, 15) is 14.0 Å². The van der Waals surface area contributed by atoms with Gasteiger partial charge in [0.25, 0.3) is 5.91 Å². The molecule has 0 fully saturated rings. The Labute approximate surface area is 160 Å². The lowest BCUT2D eigenvalue weighted by atomic mass is 10.2. The van der Waals surface area contributed by atoms with E-state index >= 15 is 0 Å². The number of amides is 1. The first-order chi connectivity index (χ1) is 12.9. The predicted octanol–water partition coefficient (Wildman–Crippen LogP) is 3.11. The summed E-state index contributed by atoms with van der Waals surface area (Å²) >= 11 is 6.10. The molecule has 0 radical (unpaired) electrons. The third-order valence-electron chi connectivity index (χ3n) is 3.87. The van der Waals surface area contributed by atoms with E-state index in [1.165, 1.54) is 31.2 Å². The van der Waals surface area contributed by atoms with Crippen LogP contribution < -0.4 is 14.8 Å². The number of esters is 1. The molecule has 0 bridgehead atoms. The number of ether oxygens (including phenoxy) is 3. The molecule has 0 saturated carbocycles. The summed E-state index contributed by atoms with van der Waals surface area (Å²) in [6, 6.07) is 8.59. The third-order valence-corrected chi connectivity index (χ3v) is 4.15. The molecule has 1 aliphatic rings. The topological polar surface area (TPSA) is 73.9 Å². The maximum atomic E-state index is 12.9. The average molecular weight is 394 g/mol. The monoisotopic (exact) mass is 393 g/mol. The second kappa shape index (κ2) is 8.26. The maximum absolute atomic E-state index is 12.9. The molecule has 8 heteroatoms. The molecule has 0 spiro atoms. The molecular weight excluding hydrogens is 377 g/mol. The summed E-state index contributed by atoms with van der Waals surface area (Å²) in [5.74, 6) is -0.807. The zero-order valence-electron chi connectivity index (χ0n) is 14.5. The first-order valence-corrected chi connectivity index (χ1v) is 8.64. The summed E-state index contributed by atoms with van der Waals surface area (Å²) in [7, 11) is 0. The fourth-order valence-electron chi connectivity index (χ4n) is 2.45. The SMILES string of the molecule is C[C@H](OC(=O)c1cc(Cl)c2c(c1)OCCO2)C(=O)NCc1ccc(F)cc1. The van der Waals surface area contributed by atoms with E-state index in [-0.39, 0.29) is 22.9 Å². The Morgan fingerprint density at radius 1 is 1.22 bits per heavy atom. The van der Waals surface area contributed by atoms with Gasteiger partial charge in [-0.2, -0.15) is 0 Å². The van der Waals surface area contributed by atoms with Crippen LogP contribution in [0.1, 0.15) is 22.8 Å². The summed E-state index contributed by atoms with van der Waals surface area (Å²) < 4.78 is 28.9. The van der Waals surface area contributed by atoms with Crippen LogP contribution in [0.4, 0.5) is 4.39 Å². The number of fused-ring (bicyclic) bond motifs is 1. The quantitative estimate of drug-likeness (QED) is 0.790. The van der Waals surface area contributed by atoms with Crippen LogP contribution in [0.15, 0.2) is 36.4 Å². The van der Waals surface area contributed by atoms with Gasteiger partial charge in [-0.05, 0) is 36.8 Å². The summed E-state index contributed by atoms with van der Waals surface area (Å²) in [6.07, 6.45) is -1.02. The van der Waals surface area contributed by atoms with Crippen LogP contribution in [0.5, 0.6) is 11.5 Å². The standard InChI is InChI=1S/C19H17ClFNO5/c1-11(18(23)22-10-12-2-4-14(21)5-3-12)27-19(24)13-8-15(20)17-16(9-13)25-6-7-26-17/h2-5,8-9,11H,6-7,10H2,1H3,(H,22,23)/t11-/m0/s1. The number of nitrogens with one attached hydrogen (secondary N) is 1. The van der Waals surface area contributed by atoms with Gasteiger partial charge < -0.3 is 19.5 Å². The summed E-state index contributed by atoms with van der Waals surface area (Å²) in [5, 5.41) is 2.86. The van der Waals surface area contributed by atoms with Gasteiger partial charge in [0, 0.05) is 6.54 Å². The second-order valence-electron chi connectivity index (χ2n) is 5.87. The van der Waals surface area contributed by atoms with Gasteiger partial charge in [-0.1, -0.05) is 23.7 Å². The van der Waals surface area contributed by atoms with E-state index in [4.69, 9.17) is 25.8 Å². The zero-order chi connectivity index (χ0) is 19.4. The van der Waals surface area contributed by atoms with Crippen molar-refractivity contribution in [1.29, 1.82) is 0 Å². The summed E-state index contributed by atoms with van der Waals surface area (Å²) in [4.78, 5) is 24.4. The van der Waals surface area contributed by atoms with Gasteiger partial charge in [-0.25, -0.2) is 9.18 Å². The minimum atomic E-state index is -1.02. The molecule has 27 heavy (non-hydrogen) atoms. The number of hydrogen-bond donors (Lipinski definition) is 1. The highest BCUT2D eigenvalue weighted by Crippen LogP contribution is 2.38. The number of carbonyl (C=O) groups excluding carboxylic acids is 2. The smallest absolute Gasteiger partial charge is 0.339 e. The molecule has 0 saturated heterocycles. The van der Waals surface area contributed by atoms with Crippen molar-refractivity contribution in [2.45, 2.75) is 19.6 Å². The van der Waals surface area contributed by atoms with Crippen molar-refractivity contribution < 1.29 is 28.2 Å². The molecule has 1 amide bonds. The predicted molar refractivity (Wildman–Crippen MR) is 95.6 cm³/mol. The summed E-state index contributed by atoms with van der Waals surface area (Å²) in [6.45, 7) is 2.38. The first kappa shape index (κ1) is 19.0. The second-order valence-corrected chi connectivity index (χ2v) is 6.28. The lowest BCUT2D eigenvalue weighted by molar-refractivity contribution is -0.129. The Kier molecular flexibility index (Phi) is 5.81. The largest absolute Gasteiger partial charge is 0.486 e. The number of rotatable bonds is 5. The molecule has 1 atom stereocenters. The molecule has 2 aromatic carbocycles. The third kappa shape index (κ3) is 4.68. The minimum absolute atomic E-state index is 0.155. The van der Waals surface area contributed by atoms with Crippen LogP contribution in [-0.2, 0) is 16.1 Å². The lowest BCUT2D eigenvalue weighted by Gasteiger charge is -2.20. The van der Waals surface area contributed by atoms with Gasteiger partial charge in [0.15, 0.2) is 17.6 Å². The molecule has 0 aliphatic carbocycles. The van der Waals surface area contributed by atoms with Gasteiger partial charge in [-0.3, -0.25) is 4.79 Å². The van der Waals surface area contributed by atoms with Crippen LogP contribution in [0.25, 0.3) is 0 Å². The molecule has 3 rings (SSSR count). The highest BCUT2D eigenvalue weighted by molar-refractivity contribution is 6.32. The van der Waals surface area contributed by atoms with Crippen LogP contribution in [0.3, 0.4) is 0 Å². The number of hydrogen-bond acceptors (Lipinski definition) is 5. The highest BCUT2D eigenvalue weighted by atomic mass is 35.5. The number of benzene rings is 2. The molecule has 1 aliphatic heterocycles. The van der Waals surface area contributed by atoms with E-state index in [2.05, 4.69) is 5.32 Å². The van der Waals surface area contributed by atoms with Crippen molar-refractivity contribution >= 4 is 23.5 Å². The Balaban J connectivity index is 1.59. The molecule has 1 N–H and O–H groups in total. The Morgan fingerprint density at radius 3 is 2.67 bits per heavy atom. The van der Waals surface area contributed by atoms with Crippen molar-refractivity contribution in [3.63, 3.8) is 0 Å². The summed E-state index contributed by atoms with van der Waals surface area (Å²) in [5.41, 5.74) is 0.879. The van der Waals surface area contributed by atoms with E-state index in [0.29, 0.717) is 24.7 Å². The van der Waals surface area contributed by atoms with E-state index in [1.807, 2.05) is 0 Å². The van der Waals surface area contributed by atoms with Gasteiger partial charge in [0.1, 0.15) is 19.0 Å².